The molecule has 0 radical (unpaired) electrons. The minimum atomic E-state index is -0.392. The molecule has 2 aliphatic heterocycles. The number of carbonyl (C=O) groups excluding carboxylic acids is 1. The number of ether oxygens (including phenoxy) is 1. The summed E-state index contributed by atoms with van der Waals surface area (Å²) >= 11 is 0. The Kier molecular flexibility index (Phi) is 5.91. The fraction of sp³-hybridized carbons (Fsp3) is 0.941. The third-order valence-electron chi connectivity index (χ3n) is 4.52. The topological polar surface area (TPSA) is 32.8 Å². The zero-order chi connectivity index (χ0) is 15.3. The summed E-state index contributed by atoms with van der Waals surface area (Å²) in [5.41, 5.74) is -0.392. The maximum Gasteiger partial charge on any atom is 0.410 e. The van der Waals surface area contributed by atoms with E-state index >= 15 is 0 Å². The van der Waals surface area contributed by atoms with Crippen LogP contribution >= 0.6 is 0 Å². The molecule has 0 bridgehead atoms. The first-order valence-corrected chi connectivity index (χ1v) is 8.68. The van der Waals surface area contributed by atoms with Crippen LogP contribution in [0, 0.1) is 0 Å². The lowest BCUT2D eigenvalue weighted by Crippen LogP contribution is -2.48. The second kappa shape index (κ2) is 7.48. The summed E-state index contributed by atoms with van der Waals surface area (Å²) in [6.07, 6.45) is 8.90. The summed E-state index contributed by atoms with van der Waals surface area (Å²) in [5.74, 6) is 0. The summed E-state index contributed by atoms with van der Waals surface area (Å²) < 4.78 is 5.47. The van der Waals surface area contributed by atoms with Crippen molar-refractivity contribution in [3.63, 3.8) is 0 Å². The van der Waals surface area contributed by atoms with Crippen molar-refractivity contribution < 1.29 is 9.53 Å². The molecule has 21 heavy (non-hydrogen) atoms. The molecule has 2 aliphatic rings. The van der Waals surface area contributed by atoms with Gasteiger partial charge in [-0.15, -0.1) is 0 Å². The largest absolute Gasteiger partial charge is 0.444 e. The van der Waals surface area contributed by atoms with Gasteiger partial charge in [0.05, 0.1) is 0 Å². The van der Waals surface area contributed by atoms with Crippen molar-refractivity contribution in [1.29, 1.82) is 0 Å². The second-order valence-corrected chi connectivity index (χ2v) is 7.50. The van der Waals surface area contributed by atoms with Crippen molar-refractivity contribution >= 4 is 6.09 Å². The Labute approximate surface area is 129 Å². The molecule has 0 spiro atoms. The van der Waals surface area contributed by atoms with E-state index in [1.165, 1.54) is 45.2 Å². The quantitative estimate of drug-likeness (QED) is 0.740. The third-order valence-corrected chi connectivity index (χ3v) is 4.52. The first-order chi connectivity index (χ1) is 9.96. The lowest BCUT2D eigenvalue weighted by Gasteiger charge is -2.39. The molecule has 0 aromatic heterocycles. The lowest BCUT2D eigenvalue weighted by molar-refractivity contribution is 0.0138. The van der Waals surface area contributed by atoms with Crippen molar-refractivity contribution in [1.82, 2.24) is 9.80 Å². The van der Waals surface area contributed by atoms with Crippen molar-refractivity contribution in [3.05, 3.63) is 0 Å². The van der Waals surface area contributed by atoms with Crippen molar-refractivity contribution in [2.75, 3.05) is 26.2 Å². The van der Waals surface area contributed by atoms with Gasteiger partial charge in [0.25, 0.3) is 0 Å². The molecule has 0 aromatic rings. The number of amides is 1. The highest BCUT2D eigenvalue weighted by Gasteiger charge is 2.29. The summed E-state index contributed by atoms with van der Waals surface area (Å²) in [7, 11) is 0. The number of carbonyl (C=O) groups is 1. The highest BCUT2D eigenvalue weighted by atomic mass is 16.6. The van der Waals surface area contributed by atoms with E-state index in [-0.39, 0.29) is 6.09 Å². The molecule has 0 N–H and O–H groups in total. The van der Waals surface area contributed by atoms with E-state index in [0.29, 0.717) is 6.04 Å². The van der Waals surface area contributed by atoms with Gasteiger partial charge in [-0.25, -0.2) is 4.79 Å². The van der Waals surface area contributed by atoms with Crippen LogP contribution in [0.2, 0.25) is 0 Å². The normalized spacial score (nSPS) is 23.5. The molecule has 2 rings (SSSR count). The van der Waals surface area contributed by atoms with Gasteiger partial charge in [-0.3, -0.25) is 0 Å². The predicted molar refractivity (Wildman–Crippen MR) is 85.5 cm³/mol. The molecule has 4 nitrogen and oxygen atoms in total. The first-order valence-electron chi connectivity index (χ1n) is 8.68. The average Bonchev–Trinajstić information content (AvgIpc) is 2.36. The monoisotopic (exact) mass is 296 g/mol. The van der Waals surface area contributed by atoms with Gasteiger partial charge in [0.1, 0.15) is 5.60 Å². The molecule has 2 saturated heterocycles. The molecule has 2 fully saturated rings. The van der Waals surface area contributed by atoms with Gasteiger partial charge in [-0.05, 0) is 59.5 Å². The number of rotatable bonds is 1. The number of piperidine rings is 1. The van der Waals surface area contributed by atoms with Crippen LogP contribution in [0.5, 0.6) is 0 Å². The van der Waals surface area contributed by atoms with E-state index in [2.05, 4.69) is 4.90 Å². The van der Waals surface area contributed by atoms with Crippen molar-refractivity contribution in [3.8, 4) is 0 Å². The van der Waals surface area contributed by atoms with Crippen LogP contribution in [0.3, 0.4) is 0 Å². The van der Waals surface area contributed by atoms with Gasteiger partial charge >= 0.3 is 6.09 Å². The molecule has 1 amide bonds. The molecule has 0 aliphatic carbocycles. The van der Waals surface area contributed by atoms with Gasteiger partial charge < -0.3 is 14.5 Å². The van der Waals surface area contributed by atoms with E-state index in [1.807, 2.05) is 25.7 Å². The zero-order valence-corrected chi connectivity index (χ0v) is 14.1. The molecule has 4 heteroatoms. The molecular weight excluding hydrogens is 264 g/mol. The van der Waals surface area contributed by atoms with Gasteiger partial charge in [-0.1, -0.05) is 19.3 Å². The lowest BCUT2D eigenvalue weighted by atomic mass is 10.0. The number of likely N-dealkylation sites (tertiary alicyclic amines) is 2. The highest BCUT2D eigenvalue weighted by Crippen LogP contribution is 2.21. The molecule has 0 unspecified atom stereocenters. The Hall–Kier alpha value is -0.770. The van der Waals surface area contributed by atoms with Gasteiger partial charge in [0.2, 0.25) is 0 Å². The van der Waals surface area contributed by atoms with E-state index in [4.69, 9.17) is 4.74 Å². The maximum atomic E-state index is 12.1. The van der Waals surface area contributed by atoms with E-state index in [9.17, 15) is 4.79 Å². The van der Waals surface area contributed by atoms with Crippen LogP contribution in [0.4, 0.5) is 4.79 Å². The van der Waals surface area contributed by atoms with Crippen molar-refractivity contribution in [2.24, 2.45) is 0 Å². The Bertz CT molecular complexity index is 322. The van der Waals surface area contributed by atoms with E-state index in [1.54, 1.807) is 0 Å². The highest BCUT2D eigenvalue weighted by molar-refractivity contribution is 5.68. The number of nitrogens with zero attached hydrogens (tertiary/aromatic N) is 2. The van der Waals surface area contributed by atoms with Gasteiger partial charge in [0, 0.05) is 19.1 Å². The molecular formula is C17H32N2O2. The van der Waals surface area contributed by atoms with Gasteiger partial charge in [0.15, 0.2) is 0 Å². The van der Waals surface area contributed by atoms with Crippen LogP contribution in [0.25, 0.3) is 0 Å². The van der Waals surface area contributed by atoms with Crippen LogP contribution in [0.15, 0.2) is 0 Å². The number of hydrogen-bond acceptors (Lipinski definition) is 3. The SMILES string of the molecule is CC(C)(C)OC(=O)N1CCC(N2CCCCCCC2)CC1. The van der Waals surface area contributed by atoms with Crippen LogP contribution in [-0.4, -0.2) is 53.7 Å². The summed E-state index contributed by atoms with van der Waals surface area (Å²) in [5, 5.41) is 0. The molecule has 0 aromatic carbocycles. The van der Waals surface area contributed by atoms with Crippen LogP contribution in [0.1, 0.15) is 65.7 Å². The van der Waals surface area contributed by atoms with Crippen LogP contribution in [-0.2, 0) is 4.74 Å². The molecule has 2 heterocycles. The summed E-state index contributed by atoms with van der Waals surface area (Å²) in [6, 6.07) is 0.668. The predicted octanol–water partition coefficient (Wildman–Crippen LogP) is 3.65. The molecule has 0 atom stereocenters. The Morgan fingerprint density at radius 1 is 0.905 bits per heavy atom. The third kappa shape index (κ3) is 5.50. The average molecular weight is 296 g/mol. The zero-order valence-electron chi connectivity index (χ0n) is 14.1. The summed E-state index contributed by atoms with van der Waals surface area (Å²) in [4.78, 5) is 16.6. The van der Waals surface area contributed by atoms with E-state index < -0.39 is 5.60 Å². The minimum absolute atomic E-state index is 0.145. The number of hydrogen-bond donors (Lipinski definition) is 0. The Balaban J connectivity index is 1.78. The van der Waals surface area contributed by atoms with E-state index in [0.717, 1.165) is 25.9 Å². The fourth-order valence-electron chi connectivity index (χ4n) is 3.38. The van der Waals surface area contributed by atoms with Crippen molar-refractivity contribution in [2.45, 2.75) is 77.4 Å². The Morgan fingerprint density at radius 2 is 1.43 bits per heavy atom. The Morgan fingerprint density at radius 3 is 1.95 bits per heavy atom. The maximum absolute atomic E-state index is 12.1. The molecule has 0 saturated carbocycles. The fourth-order valence-corrected chi connectivity index (χ4v) is 3.38. The molecule has 122 valence electrons. The first kappa shape index (κ1) is 16.6. The second-order valence-electron chi connectivity index (χ2n) is 7.50. The smallest absolute Gasteiger partial charge is 0.410 e. The van der Waals surface area contributed by atoms with Crippen LogP contribution < -0.4 is 0 Å². The summed E-state index contributed by atoms with van der Waals surface area (Å²) in [6.45, 7) is 9.97. The standard InChI is InChI=1S/C17H32N2O2/c1-17(2,3)21-16(20)19-13-9-15(10-14-19)18-11-7-5-4-6-8-12-18/h15H,4-14H2,1-3H3. The minimum Gasteiger partial charge on any atom is -0.444 e. The van der Waals surface area contributed by atoms with Gasteiger partial charge in [-0.2, -0.15) is 0 Å².